The second-order valence-corrected chi connectivity index (χ2v) is 12.4. The Morgan fingerprint density at radius 2 is 1.48 bits per heavy atom. The number of carbonyl (C=O) groups is 1. The van der Waals surface area contributed by atoms with Crippen molar-refractivity contribution in [2.45, 2.75) is 60.3 Å². The van der Waals surface area contributed by atoms with Crippen molar-refractivity contribution in [3.8, 4) is 0 Å². The van der Waals surface area contributed by atoms with E-state index in [1.54, 1.807) is 20.8 Å². The summed E-state index contributed by atoms with van der Waals surface area (Å²) in [6, 6.07) is 5.24. The third-order valence-corrected chi connectivity index (χ3v) is 9.46. The lowest BCUT2D eigenvalue weighted by Gasteiger charge is -2.15. The number of aryl methyl sites for hydroxylation is 5. The summed E-state index contributed by atoms with van der Waals surface area (Å²) in [5, 5.41) is 7.97. The molecule has 4 aromatic rings. The molecule has 42 heavy (non-hydrogen) atoms. The Kier molecular flexibility index (Phi) is 9.46. The lowest BCUT2D eigenvalue weighted by atomic mass is 10.0. The summed E-state index contributed by atoms with van der Waals surface area (Å²) in [6.45, 7) is 29.2. The Morgan fingerprint density at radius 3 is 2.02 bits per heavy atom. The van der Waals surface area contributed by atoms with Crippen molar-refractivity contribution < 1.29 is 17.7 Å². The number of nitrogens with zero attached hydrogens (tertiary/aromatic N) is 3. The summed E-state index contributed by atoms with van der Waals surface area (Å²) >= 11 is 0.995. The van der Waals surface area contributed by atoms with Gasteiger partial charge in [0.25, 0.3) is 15.9 Å². The fourth-order valence-electron chi connectivity index (χ4n) is 4.13. The van der Waals surface area contributed by atoms with Crippen molar-refractivity contribution in [3.05, 3.63) is 95.9 Å². The molecule has 2 aromatic heterocycles. The molecule has 0 spiro atoms. The molecule has 0 aliphatic rings. The average molecular weight is 605 g/mol. The van der Waals surface area contributed by atoms with Crippen molar-refractivity contribution in [2.24, 2.45) is 0 Å². The van der Waals surface area contributed by atoms with E-state index in [1.165, 1.54) is 11.4 Å². The number of aromatic nitrogens is 1. The third kappa shape index (κ3) is 6.30. The molecule has 0 unspecified atom stereocenters. The molecule has 0 fully saturated rings. The standard InChI is InChI=1S/C20H20N4O4S2.C10H12N2/c1-10-9-11(2)16(17(21-6)12(10)3)22-19(25)18-15(7-8-29-18)30(26,27)24-20-13(4)14(5)23-28-20;1-6-5-7(2)9(11)10(12-4)8(6)3/h7-9,24H,1-5H3,(H,22,25);5H,11H2,1-3H3. The highest BCUT2D eigenvalue weighted by atomic mass is 32.2. The van der Waals surface area contributed by atoms with Gasteiger partial charge in [-0.1, -0.05) is 28.4 Å². The number of amides is 1. The van der Waals surface area contributed by atoms with Crippen LogP contribution in [0.4, 0.5) is 28.6 Å². The first-order chi connectivity index (χ1) is 19.6. The van der Waals surface area contributed by atoms with Crippen LogP contribution in [-0.4, -0.2) is 19.5 Å². The summed E-state index contributed by atoms with van der Waals surface area (Å²) in [7, 11) is -4.08. The number of nitrogens with one attached hydrogen (secondary N) is 2. The first kappa shape index (κ1) is 31.9. The van der Waals surface area contributed by atoms with Crippen molar-refractivity contribution in [1.29, 1.82) is 0 Å². The van der Waals surface area contributed by atoms with Crippen LogP contribution in [0.2, 0.25) is 0 Å². The lowest BCUT2D eigenvalue weighted by Crippen LogP contribution is -2.19. The van der Waals surface area contributed by atoms with Gasteiger partial charge in [0.1, 0.15) is 9.77 Å². The van der Waals surface area contributed by atoms with Crippen LogP contribution in [0.1, 0.15) is 54.3 Å². The highest BCUT2D eigenvalue weighted by Crippen LogP contribution is 2.36. The Morgan fingerprint density at radius 1 is 0.905 bits per heavy atom. The van der Waals surface area contributed by atoms with E-state index in [4.69, 9.17) is 23.4 Å². The maximum absolute atomic E-state index is 13.0. The van der Waals surface area contributed by atoms with Gasteiger partial charge in [-0.3, -0.25) is 4.79 Å². The smallest absolute Gasteiger partial charge is 0.266 e. The minimum atomic E-state index is -4.08. The molecule has 2 aromatic carbocycles. The van der Waals surface area contributed by atoms with E-state index in [1.807, 2.05) is 46.8 Å². The fourth-order valence-corrected chi connectivity index (χ4v) is 6.50. The molecule has 0 atom stereocenters. The molecule has 1 amide bonds. The van der Waals surface area contributed by atoms with E-state index < -0.39 is 15.9 Å². The zero-order valence-corrected chi connectivity index (χ0v) is 26.3. The van der Waals surface area contributed by atoms with E-state index in [2.05, 4.69) is 24.9 Å². The lowest BCUT2D eigenvalue weighted by molar-refractivity contribution is 0.102. The number of thiophene rings is 1. The van der Waals surface area contributed by atoms with Crippen LogP contribution in [0.15, 0.2) is 33.0 Å². The van der Waals surface area contributed by atoms with Gasteiger partial charge in [0.2, 0.25) is 17.3 Å². The number of hydrogen-bond donors (Lipinski definition) is 3. The second kappa shape index (κ2) is 12.5. The van der Waals surface area contributed by atoms with E-state index >= 15 is 0 Å². The number of carbonyl (C=O) groups excluding carboxylic acids is 1. The van der Waals surface area contributed by atoms with Crippen molar-refractivity contribution in [3.63, 3.8) is 0 Å². The topological polar surface area (TPSA) is 136 Å². The van der Waals surface area contributed by atoms with Gasteiger partial charge in [0.05, 0.1) is 18.8 Å². The fraction of sp³-hybridized carbons (Fsp3) is 0.267. The Hall–Kier alpha value is -4.65. The van der Waals surface area contributed by atoms with Crippen LogP contribution in [0, 0.1) is 68.5 Å². The van der Waals surface area contributed by atoms with E-state index in [0.717, 1.165) is 44.7 Å². The highest BCUT2D eigenvalue weighted by molar-refractivity contribution is 7.93. The SMILES string of the molecule is [C-]#[N+]c1c(C)c(C)cc(C)c1N.[C-]#[N+]c1c(C)c(C)cc(C)c1NC(=O)c1sccc1S(=O)(=O)Nc1onc(C)c1C. The van der Waals surface area contributed by atoms with Gasteiger partial charge in [-0.15, -0.1) is 11.3 Å². The second-order valence-electron chi connectivity index (χ2n) is 9.88. The molecule has 0 aliphatic heterocycles. The quantitative estimate of drug-likeness (QED) is 0.158. The van der Waals surface area contributed by atoms with Crippen LogP contribution in [0.5, 0.6) is 0 Å². The summed E-state index contributed by atoms with van der Waals surface area (Å²) in [4.78, 5) is 19.7. The van der Waals surface area contributed by atoms with Crippen molar-refractivity contribution >= 4 is 55.9 Å². The molecule has 218 valence electrons. The number of rotatable bonds is 5. The maximum Gasteiger partial charge on any atom is 0.266 e. The van der Waals surface area contributed by atoms with Gasteiger partial charge >= 0.3 is 0 Å². The molecule has 10 nitrogen and oxygen atoms in total. The molecule has 12 heteroatoms. The summed E-state index contributed by atoms with van der Waals surface area (Å²) in [6.07, 6.45) is 0. The monoisotopic (exact) mass is 604 g/mol. The number of hydrogen-bond acceptors (Lipinski definition) is 7. The van der Waals surface area contributed by atoms with Gasteiger partial charge in [0, 0.05) is 16.9 Å². The van der Waals surface area contributed by atoms with Gasteiger partial charge in [-0.05, 0) is 89.1 Å². The highest BCUT2D eigenvalue weighted by Gasteiger charge is 2.27. The summed E-state index contributed by atoms with van der Waals surface area (Å²) in [5.74, 6) is -0.600. The number of anilines is 3. The van der Waals surface area contributed by atoms with Crippen molar-refractivity contribution in [2.75, 3.05) is 15.8 Å². The molecule has 0 bridgehead atoms. The van der Waals surface area contributed by atoms with Crippen LogP contribution in [-0.2, 0) is 10.0 Å². The molecule has 0 radical (unpaired) electrons. The zero-order valence-electron chi connectivity index (χ0n) is 24.7. The van der Waals surface area contributed by atoms with E-state index in [0.29, 0.717) is 34.0 Å². The third-order valence-electron chi connectivity index (χ3n) is 7.04. The van der Waals surface area contributed by atoms with Crippen molar-refractivity contribution in [1.82, 2.24) is 5.16 Å². The van der Waals surface area contributed by atoms with Gasteiger partial charge in [0.15, 0.2) is 0 Å². The first-order valence-electron chi connectivity index (χ1n) is 12.7. The predicted octanol–water partition coefficient (Wildman–Crippen LogP) is 7.63. The molecule has 0 saturated carbocycles. The molecule has 0 saturated heterocycles. The zero-order chi connectivity index (χ0) is 31.5. The van der Waals surface area contributed by atoms with Crippen LogP contribution in [0.3, 0.4) is 0 Å². The minimum Gasteiger partial charge on any atom is -0.407 e. The van der Waals surface area contributed by atoms with Crippen LogP contribution >= 0.6 is 11.3 Å². The minimum absolute atomic E-state index is 0.00458. The largest absolute Gasteiger partial charge is 0.407 e. The molecule has 4 rings (SSSR count). The Bertz CT molecular complexity index is 1860. The molecular formula is C30H32N6O4S2. The summed E-state index contributed by atoms with van der Waals surface area (Å²) in [5.41, 5.74) is 14.4. The molecule has 2 heterocycles. The first-order valence-corrected chi connectivity index (χ1v) is 15.1. The summed E-state index contributed by atoms with van der Waals surface area (Å²) < 4.78 is 33.1. The van der Waals surface area contributed by atoms with Crippen LogP contribution in [0.25, 0.3) is 9.69 Å². The molecule has 4 N–H and O–H groups in total. The molecule has 0 aliphatic carbocycles. The normalized spacial score (nSPS) is 10.7. The number of nitrogens with two attached hydrogens (primary N) is 1. The van der Waals surface area contributed by atoms with Gasteiger partial charge < -0.3 is 15.6 Å². The van der Waals surface area contributed by atoms with Gasteiger partial charge in [-0.2, -0.15) is 0 Å². The number of sulfonamides is 1. The Balaban J connectivity index is 0.000000337. The predicted molar refractivity (Wildman–Crippen MR) is 167 cm³/mol. The number of benzene rings is 2. The van der Waals surface area contributed by atoms with E-state index in [9.17, 15) is 13.2 Å². The van der Waals surface area contributed by atoms with E-state index in [-0.39, 0.29) is 15.7 Å². The Labute approximate surface area is 250 Å². The van der Waals surface area contributed by atoms with Crippen LogP contribution < -0.4 is 15.8 Å². The molecular weight excluding hydrogens is 573 g/mol. The average Bonchev–Trinajstić information content (AvgIpc) is 3.55. The number of nitrogen functional groups attached to an aromatic ring is 1. The van der Waals surface area contributed by atoms with Gasteiger partial charge in [-0.25, -0.2) is 22.8 Å². The maximum atomic E-state index is 13.0.